The summed E-state index contributed by atoms with van der Waals surface area (Å²) in [5, 5.41) is 10.5. The van der Waals surface area contributed by atoms with Crippen LogP contribution in [0.3, 0.4) is 0 Å². The first kappa shape index (κ1) is 13.7. The molecule has 7 heteroatoms. The molecular formula is C13H11NO6. The molecule has 104 valence electrons. The summed E-state index contributed by atoms with van der Waals surface area (Å²) in [6.07, 6.45) is 1.39. The highest BCUT2D eigenvalue weighted by atomic mass is 16.6. The molecule has 1 heterocycles. The topological polar surface area (TPSA) is 95.7 Å². The van der Waals surface area contributed by atoms with E-state index in [2.05, 4.69) is 0 Å². The minimum absolute atomic E-state index is 0.110. The quantitative estimate of drug-likeness (QED) is 0.473. The number of esters is 2. The normalized spacial score (nSPS) is 21.1. The number of hydrogen-bond acceptors (Lipinski definition) is 6. The van der Waals surface area contributed by atoms with Crippen molar-refractivity contribution in [1.29, 1.82) is 0 Å². The molecule has 0 bridgehead atoms. The lowest BCUT2D eigenvalue weighted by atomic mass is 10.1. The van der Waals surface area contributed by atoms with Crippen molar-refractivity contribution in [2.45, 2.75) is 19.1 Å². The Morgan fingerprint density at radius 3 is 2.55 bits per heavy atom. The summed E-state index contributed by atoms with van der Waals surface area (Å²) < 4.78 is 10.1. The second-order valence-corrected chi connectivity index (χ2v) is 4.18. The number of benzene rings is 1. The lowest BCUT2D eigenvalue weighted by Gasteiger charge is -2.24. The van der Waals surface area contributed by atoms with Crippen LogP contribution in [0, 0.1) is 10.1 Å². The van der Waals surface area contributed by atoms with Crippen molar-refractivity contribution in [3.63, 3.8) is 0 Å². The van der Waals surface area contributed by atoms with Crippen LogP contribution in [-0.2, 0) is 14.3 Å². The fraction of sp³-hybridized carbons (Fsp3) is 0.231. The number of non-ortho nitro benzene ring substituents is 1. The van der Waals surface area contributed by atoms with Gasteiger partial charge in [0.1, 0.15) is 6.10 Å². The van der Waals surface area contributed by atoms with Crippen LogP contribution in [0.15, 0.2) is 36.4 Å². The Morgan fingerprint density at radius 2 is 2.00 bits per heavy atom. The van der Waals surface area contributed by atoms with Gasteiger partial charge in [-0.25, -0.2) is 9.59 Å². The maximum atomic E-state index is 11.9. The van der Waals surface area contributed by atoms with Gasteiger partial charge in [0.15, 0.2) is 6.10 Å². The monoisotopic (exact) mass is 277 g/mol. The fourth-order valence-electron chi connectivity index (χ4n) is 1.67. The molecular weight excluding hydrogens is 266 g/mol. The lowest BCUT2D eigenvalue weighted by molar-refractivity contribution is -0.384. The van der Waals surface area contributed by atoms with Gasteiger partial charge in [0.25, 0.3) is 5.69 Å². The highest BCUT2D eigenvalue weighted by molar-refractivity contribution is 5.90. The van der Waals surface area contributed by atoms with Crippen molar-refractivity contribution in [3.05, 3.63) is 52.1 Å². The molecule has 0 fully saturated rings. The summed E-state index contributed by atoms with van der Waals surface area (Å²) in [5.41, 5.74) is 0.0783. The molecule has 2 atom stereocenters. The minimum atomic E-state index is -0.671. The number of rotatable bonds is 3. The molecule has 0 saturated heterocycles. The van der Waals surface area contributed by atoms with E-state index >= 15 is 0 Å². The molecule has 1 aliphatic rings. The van der Waals surface area contributed by atoms with Crippen molar-refractivity contribution in [2.75, 3.05) is 0 Å². The third-order valence-corrected chi connectivity index (χ3v) is 2.74. The van der Waals surface area contributed by atoms with Crippen LogP contribution < -0.4 is 0 Å². The minimum Gasteiger partial charge on any atom is -0.455 e. The zero-order valence-corrected chi connectivity index (χ0v) is 10.5. The molecule has 7 nitrogen and oxygen atoms in total. The van der Waals surface area contributed by atoms with Gasteiger partial charge in [-0.15, -0.1) is 0 Å². The predicted molar refractivity (Wildman–Crippen MR) is 67.0 cm³/mol. The Hall–Kier alpha value is -2.70. The van der Waals surface area contributed by atoms with E-state index in [0.29, 0.717) is 0 Å². The van der Waals surface area contributed by atoms with E-state index in [1.165, 1.54) is 36.4 Å². The summed E-state index contributed by atoms with van der Waals surface area (Å²) in [4.78, 5) is 32.8. The first-order valence-electron chi connectivity index (χ1n) is 5.81. The Balaban J connectivity index is 2.06. The highest BCUT2D eigenvalue weighted by Gasteiger charge is 2.26. The van der Waals surface area contributed by atoms with Gasteiger partial charge in [-0.05, 0) is 25.1 Å². The van der Waals surface area contributed by atoms with E-state index in [-0.39, 0.29) is 11.3 Å². The molecule has 0 N–H and O–H groups in total. The third kappa shape index (κ3) is 3.00. The predicted octanol–water partition coefficient (Wildman–Crippen LogP) is 1.62. The number of carbonyl (C=O) groups is 2. The zero-order valence-electron chi connectivity index (χ0n) is 10.5. The number of hydrogen-bond donors (Lipinski definition) is 0. The van der Waals surface area contributed by atoms with E-state index < -0.39 is 29.1 Å². The van der Waals surface area contributed by atoms with Gasteiger partial charge in [0.05, 0.1) is 10.5 Å². The lowest BCUT2D eigenvalue weighted by Crippen LogP contribution is -2.34. The number of nitro benzene ring substituents is 1. The average Bonchev–Trinajstić information content (AvgIpc) is 2.42. The molecule has 20 heavy (non-hydrogen) atoms. The number of nitro groups is 1. The van der Waals surface area contributed by atoms with Gasteiger partial charge in [-0.1, -0.05) is 0 Å². The standard InChI is InChI=1S/C13H11NO6/c1-8-11(6-7-12(15)19-8)20-13(16)9-2-4-10(5-3-9)14(17)18/h2-8,11H,1H3/t8-,11+/m0/s1. The molecule has 0 aromatic heterocycles. The number of cyclic esters (lactones) is 1. The number of ether oxygens (including phenoxy) is 2. The molecule has 0 spiro atoms. The van der Waals surface area contributed by atoms with Crippen LogP contribution in [0.4, 0.5) is 5.69 Å². The van der Waals surface area contributed by atoms with Crippen LogP contribution in [-0.4, -0.2) is 29.1 Å². The van der Waals surface area contributed by atoms with Crippen molar-refractivity contribution in [1.82, 2.24) is 0 Å². The Labute approximate surface area is 113 Å². The third-order valence-electron chi connectivity index (χ3n) is 2.74. The van der Waals surface area contributed by atoms with E-state index in [0.717, 1.165) is 0 Å². The molecule has 0 amide bonds. The molecule has 1 aromatic carbocycles. The molecule has 1 aliphatic heterocycles. The smallest absolute Gasteiger partial charge is 0.338 e. The van der Waals surface area contributed by atoms with Crippen LogP contribution in [0.1, 0.15) is 17.3 Å². The number of nitrogens with zero attached hydrogens (tertiary/aromatic N) is 1. The fourth-order valence-corrected chi connectivity index (χ4v) is 1.67. The molecule has 0 aliphatic carbocycles. The summed E-state index contributed by atoms with van der Waals surface area (Å²) >= 11 is 0. The van der Waals surface area contributed by atoms with Gasteiger partial charge < -0.3 is 9.47 Å². The summed E-state index contributed by atoms with van der Waals surface area (Å²) in [6.45, 7) is 1.61. The van der Waals surface area contributed by atoms with Crippen LogP contribution in [0.2, 0.25) is 0 Å². The van der Waals surface area contributed by atoms with Crippen LogP contribution >= 0.6 is 0 Å². The van der Waals surface area contributed by atoms with Crippen LogP contribution in [0.5, 0.6) is 0 Å². The van der Waals surface area contributed by atoms with Gasteiger partial charge in [0.2, 0.25) is 0 Å². The summed E-state index contributed by atoms with van der Waals surface area (Å²) in [6, 6.07) is 5.06. The van der Waals surface area contributed by atoms with E-state index in [9.17, 15) is 19.7 Å². The van der Waals surface area contributed by atoms with Crippen molar-refractivity contribution in [2.24, 2.45) is 0 Å². The SMILES string of the molecule is C[C@@H]1OC(=O)C=C[C@H]1OC(=O)c1ccc([N+](=O)[O-])cc1. The van der Waals surface area contributed by atoms with Crippen LogP contribution in [0.25, 0.3) is 0 Å². The Bertz CT molecular complexity index is 577. The van der Waals surface area contributed by atoms with E-state index in [4.69, 9.17) is 9.47 Å². The molecule has 0 unspecified atom stereocenters. The first-order chi connectivity index (χ1) is 9.47. The molecule has 1 aromatic rings. The Morgan fingerprint density at radius 1 is 1.35 bits per heavy atom. The van der Waals surface area contributed by atoms with Crippen molar-refractivity contribution in [3.8, 4) is 0 Å². The highest BCUT2D eigenvalue weighted by Crippen LogP contribution is 2.16. The first-order valence-corrected chi connectivity index (χ1v) is 5.81. The summed E-state index contributed by atoms with van der Waals surface area (Å²) in [7, 11) is 0. The Kier molecular flexibility index (Phi) is 3.79. The van der Waals surface area contributed by atoms with E-state index in [1.807, 2.05) is 0 Å². The van der Waals surface area contributed by atoms with Gasteiger partial charge in [0, 0.05) is 18.2 Å². The van der Waals surface area contributed by atoms with Crippen molar-refractivity contribution >= 4 is 17.6 Å². The molecule has 2 rings (SSSR count). The van der Waals surface area contributed by atoms with Gasteiger partial charge >= 0.3 is 11.9 Å². The maximum Gasteiger partial charge on any atom is 0.338 e. The summed E-state index contributed by atoms with van der Waals surface area (Å²) in [5.74, 6) is -1.13. The molecule has 0 radical (unpaired) electrons. The maximum absolute atomic E-state index is 11.9. The number of carbonyl (C=O) groups excluding carboxylic acids is 2. The second-order valence-electron chi connectivity index (χ2n) is 4.18. The molecule has 0 saturated carbocycles. The zero-order chi connectivity index (χ0) is 14.7. The van der Waals surface area contributed by atoms with Gasteiger partial charge in [-0.2, -0.15) is 0 Å². The average molecular weight is 277 g/mol. The second kappa shape index (κ2) is 5.52. The van der Waals surface area contributed by atoms with E-state index in [1.54, 1.807) is 6.92 Å². The van der Waals surface area contributed by atoms with Gasteiger partial charge in [-0.3, -0.25) is 10.1 Å². The largest absolute Gasteiger partial charge is 0.455 e. The van der Waals surface area contributed by atoms with Crippen molar-refractivity contribution < 1.29 is 24.0 Å².